The maximum atomic E-state index is 13.8. The first-order chi connectivity index (χ1) is 16.8. The van der Waals surface area contributed by atoms with Crippen LogP contribution in [0.4, 0.5) is 8.78 Å². The molecule has 35 heavy (non-hydrogen) atoms. The standard InChI is InChI=1S/C29H28F2N2O2/c1-16(27(34)33-29-13-28(14-29,15-29)17-2-4-18(30)5-3-17)26-21-11-20(12-22(21)26)35-25-8-9-32-24-7-6-19(31)10-23(24)25/h2-10,16,20-22,26H,11-15H2,1H3,(H,33,34)/t16?,20?,21-,22+,26?,28?,29?. The molecular weight excluding hydrogens is 446 g/mol. The van der Waals surface area contributed by atoms with E-state index in [-0.39, 0.29) is 40.5 Å². The molecule has 180 valence electrons. The van der Waals surface area contributed by atoms with Crippen molar-refractivity contribution in [3.8, 4) is 5.75 Å². The molecule has 0 radical (unpaired) electrons. The van der Waals surface area contributed by atoms with Gasteiger partial charge in [0.25, 0.3) is 0 Å². The van der Waals surface area contributed by atoms with Gasteiger partial charge in [0.2, 0.25) is 5.91 Å². The highest BCUT2D eigenvalue weighted by atomic mass is 19.1. The summed E-state index contributed by atoms with van der Waals surface area (Å²) in [7, 11) is 0. The van der Waals surface area contributed by atoms with Crippen LogP contribution in [0.1, 0.15) is 44.6 Å². The predicted octanol–water partition coefficient (Wildman–Crippen LogP) is 5.54. The molecule has 5 fully saturated rings. The number of benzene rings is 2. The molecule has 5 saturated carbocycles. The molecule has 5 aliphatic rings. The van der Waals surface area contributed by atoms with Crippen molar-refractivity contribution in [3.05, 3.63) is 71.9 Å². The van der Waals surface area contributed by atoms with Crippen molar-refractivity contribution in [1.29, 1.82) is 0 Å². The van der Waals surface area contributed by atoms with Crippen LogP contribution in [0.5, 0.6) is 5.75 Å². The van der Waals surface area contributed by atoms with Crippen LogP contribution in [0.3, 0.4) is 0 Å². The van der Waals surface area contributed by atoms with Gasteiger partial charge in [0.15, 0.2) is 0 Å². The molecule has 8 rings (SSSR count). The quantitative estimate of drug-likeness (QED) is 0.510. The van der Waals surface area contributed by atoms with Crippen molar-refractivity contribution in [2.24, 2.45) is 23.7 Å². The Morgan fingerprint density at radius 3 is 2.43 bits per heavy atom. The molecule has 3 aromatic rings. The first-order valence-corrected chi connectivity index (χ1v) is 12.6. The number of fused-ring (bicyclic) bond motifs is 2. The van der Waals surface area contributed by atoms with Crippen LogP contribution in [0.15, 0.2) is 54.7 Å². The van der Waals surface area contributed by atoms with Crippen molar-refractivity contribution < 1.29 is 18.3 Å². The molecule has 1 aromatic heterocycles. The Balaban J connectivity index is 0.936. The molecule has 0 aliphatic heterocycles. The number of rotatable bonds is 6. The minimum Gasteiger partial charge on any atom is -0.490 e. The van der Waals surface area contributed by atoms with Gasteiger partial charge in [-0.3, -0.25) is 9.78 Å². The molecule has 2 aromatic carbocycles. The van der Waals surface area contributed by atoms with Crippen LogP contribution in [0.25, 0.3) is 10.9 Å². The molecule has 1 amide bonds. The van der Waals surface area contributed by atoms with Gasteiger partial charge >= 0.3 is 0 Å². The molecule has 3 unspecified atom stereocenters. The van der Waals surface area contributed by atoms with E-state index < -0.39 is 0 Å². The lowest BCUT2D eigenvalue weighted by Crippen LogP contribution is -2.77. The molecule has 4 nitrogen and oxygen atoms in total. The SMILES string of the molecule is CC(C(=O)NC12CC(c3ccc(F)cc3)(C1)C2)C1[C@H]2CC(Oc3ccnc4ccc(F)cc34)C[C@@H]12. The van der Waals surface area contributed by atoms with Gasteiger partial charge in [-0.05, 0) is 91.8 Å². The van der Waals surface area contributed by atoms with Gasteiger partial charge in [0, 0.05) is 28.5 Å². The van der Waals surface area contributed by atoms with Gasteiger partial charge in [0.05, 0.1) is 11.6 Å². The van der Waals surface area contributed by atoms with E-state index in [0.29, 0.717) is 28.9 Å². The summed E-state index contributed by atoms with van der Waals surface area (Å²) in [5.74, 6) is 1.80. The van der Waals surface area contributed by atoms with E-state index in [2.05, 4.69) is 17.2 Å². The van der Waals surface area contributed by atoms with E-state index in [1.54, 1.807) is 12.3 Å². The minimum atomic E-state index is -0.295. The summed E-state index contributed by atoms with van der Waals surface area (Å²) < 4.78 is 33.3. The lowest BCUT2D eigenvalue weighted by molar-refractivity contribution is -0.142. The number of hydrogen-bond acceptors (Lipinski definition) is 3. The lowest BCUT2D eigenvalue weighted by Gasteiger charge is -2.71. The zero-order valence-corrected chi connectivity index (χ0v) is 19.6. The van der Waals surface area contributed by atoms with Crippen LogP contribution in [0, 0.1) is 35.3 Å². The first kappa shape index (κ1) is 21.3. The van der Waals surface area contributed by atoms with Gasteiger partial charge in [-0.15, -0.1) is 0 Å². The van der Waals surface area contributed by atoms with E-state index in [1.807, 2.05) is 18.2 Å². The maximum Gasteiger partial charge on any atom is 0.223 e. The molecular formula is C29H28F2N2O2. The summed E-state index contributed by atoms with van der Waals surface area (Å²) in [5.41, 5.74) is 1.98. The zero-order valence-electron chi connectivity index (χ0n) is 19.6. The highest BCUT2D eigenvalue weighted by Crippen LogP contribution is 2.68. The minimum absolute atomic E-state index is 0.00222. The average molecular weight is 475 g/mol. The number of amides is 1. The summed E-state index contributed by atoms with van der Waals surface area (Å²) in [6, 6.07) is 13.2. The average Bonchev–Trinajstić information content (AvgIpc) is 3.30. The molecule has 0 saturated heterocycles. The smallest absolute Gasteiger partial charge is 0.223 e. The third-order valence-electron chi connectivity index (χ3n) is 9.29. The summed E-state index contributed by atoms with van der Waals surface area (Å²) in [6.07, 6.45) is 6.54. The lowest BCUT2D eigenvalue weighted by atomic mass is 9.37. The number of aromatic nitrogens is 1. The Morgan fingerprint density at radius 1 is 1.03 bits per heavy atom. The Morgan fingerprint density at radius 2 is 1.71 bits per heavy atom. The Kier molecular flexibility index (Phi) is 4.41. The summed E-state index contributed by atoms with van der Waals surface area (Å²) >= 11 is 0. The maximum absolute atomic E-state index is 13.8. The number of ether oxygens (including phenoxy) is 1. The fourth-order valence-corrected chi connectivity index (χ4v) is 7.64. The number of nitrogens with zero attached hydrogens (tertiary/aromatic N) is 1. The third kappa shape index (κ3) is 3.29. The molecule has 2 bridgehead atoms. The first-order valence-electron chi connectivity index (χ1n) is 12.6. The third-order valence-corrected chi connectivity index (χ3v) is 9.29. The Labute approximate surface area is 203 Å². The summed E-state index contributed by atoms with van der Waals surface area (Å²) in [5, 5.41) is 4.07. The van der Waals surface area contributed by atoms with Crippen LogP contribution in [-0.2, 0) is 10.2 Å². The molecule has 5 aliphatic carbocycles. The second-order valence-electron chi connectivity index (χ2n) is 11.5. The Bertz CT molecular complexity index is 1310. The second kappa shape index (κ2) is 7.25. The van der Waals surface area contributed by atoms with Crippen molar-refractivity contribution in [3.63, 3.8) is 0 Å². The highest BCUT2D eigenvalue weighted by Gasteiger charge is 2.69. The van der Waals surface area contributed by atoms with Crippen molar-refractivity contribution in [2.75, 3.05) is 0 Å². The topological polar surface area (TPSA) is 51.2 Å². The molecule has 1 N–H and O–H groups in total. The van der Waals surface area contributed by atoms with Gasteiger partial charge in [-0.1, -0.05) is 19.1 Å². The van der Waals surface area contributed by atoms with Crippen molar-refractivity contribution in [2.45, 2.75) is 56.1 Å². The number of pyridine rings is 1. The van der Waals surface area contributed by atoms with Crippen molar-refractivity contribution >= 4 is 16.8 Å². The van der Waals surface area contributed by atoms with E-state index in [1.165, 1.54) is 29.8 Å². The van der Waals surface area contributed by atoms with E-state index >= 15 is 0 Å². The number of carbonyl (C=O) groups is 1. The highest BCUT2D eigenvalue weighted by molar-refractivity contribution is 5.84. The van der Waals surface area contributed by atoms with Gasteiger partial charge in [-0.25, -0.2) is 8.78 Å². The summed E-state index contributed by atoms with van der Waals surface area (Å²) in [4.78, 5) is 17.4. The normalized spacial score (nSPS) is 34.9. The second-order valence-corrected chi connectivity index (χ2v) is 11.5. The zero-order chi connectivity index (χ0) is 23.9. The molecule has 1 heterocycles. The van der Waals surface area contributed by atoms with Crippen molar-refractivity contribution in [1.82, 2.24) is 10.3 Å². The van der Waals surface area contributed by atoms with E-state index in [4.69, 9.17) is 4.74 Å². The largest absolute Gasteiger partial charge is 0.490 e. The molecule has 6 heteroatoms. The number of halogens is 2. The fourth-order valence-electron chi connectivity index (χ4n) is 7.64. The fraction of sp³-hybridized carbons (Fsp3) is 0.448. The van der Waals surface area contributed by atoms with E-state index in [0.717, 1.165) is 37.6 Å². The van der Waals surface area contributed by atoms with Crippen LogP contribution >= 0.6 is 0 Å². The summed E-state index contributed by atoms with van der Waals surface area (Å²) in [6.45, 7) is 2.06. The van der Waals surface area contributed by atoms with Gasteiger partial charge in [0.1, 0.15) is 17.4 Å². The van der Waals surface area contributed by atoms with Crippen LogP contribution in [-0.4, -0.2) is 22.5 Å². The molecule has 5 atom stereocenters. The molecule has 0 spiro atoms. The number of carbonyl (C=O) groups excluding carboxylic acids is 1. The van der Waals surface area contributed by atoms with E-state index in [9.17, 15) is 13.6 Å². The number of hydrogen-bond donors (Lipinski definition) is 1. The number of nitrogens with one attached hydrogen (secondary N) is 1. The monoisotopic (exact) mass is 474 g/mol. The van der Waals surface area contributed by atoms with Gasteiger partial charge < -0.3 is 10.1 Å². The predicted molar refractivity (Wildman–Crippen MR) is 128 cm³/mol. The van der Waals surface area contributed by atoms with Crippen LogP contribution < -0.4 is 10.1 Å². The van der Waals surface area contributed by atoms with Gasteiger partial charge in [-0.2, -0.15) is 0 Å². The van der Waals surface area contributed by atoms with Crippen LogP contribution in [0.2, 0.25) is 0 Å². The Hall–Kier alpha value is -3.02.